The van der Waals surface area contributed by atoms with Gasteiger partial charge in [0.1, 0.15) is 17.5 Å². The van der Waals surface area contributed by atoms with Crippen LogP contribution in [0.3, 0.4) is 0 Å². The molecule has 10 heteroatoms. The van der Waals surface area contributed by atoms with E-state index >= 15 is 0 Å². The fourth-order valence-corrected chi connectivity index (χ4v) is 6.29. The summed E-state index contributed by atoms with van der Waals surface area (Å²) in [5, 5.41) is 10.5. The molecule has 1 N–H and O–H groups in total. The molecule has 0 radical (unpaired) electrons. The minimum absolute atomic E-state index is 0.0136. The molecule has 0 saturated carbocycles. The van der Waals surface area contributed by atoms with Gasteiger partial charge in [-0.05, 0) is 67.9 Å². The maximum atomic E-state index is 13.8. The Kier molecular flexibility index (Phi) is 7.87. The number of halogens is 2. The van der Waals surface area contributed by atoms with E-state index in [0.717, 1.165) is 4.47 Å². The van der Waals surface area contributed by atoms with Crippen molar-refractivity contribution in [2.75, 3.05) is 6.61 Å². The quantitative estimate of drug-likeness (QED) is 0.393. The van der Waals surface area contributed by atoms with Crippen molar-refractivity contribution in [2.24, 2.45) is 4.99 Å². The molecule has 0 spiro atoms. The van der Waals surface area contributed by atoms with Crippen LogP contribution in [0.4, 0.5) is 0 Å². The van der Waals surface area contributed by atoms with E-state index in [1.807, 2.05) is 38.1 Å². The maximum absolute atomic E-state index is 13.8. The number of fused-ring (bicyclic) bond motifs is 1. The maximum Gasteiger partial charge on any atom is 0.338 e. The van der Waals surface area contributed by atoms with Gasteiger partial charge in [0, 0.05) is 15.6 Å². The van der Waals surface area contributed by atoms with Gasteiger partial charge in [0.2, 0.25) is 0 Å². The smallest absolute Gasteiger partial charge is 0.338 e. The van der Waals surface area contributed by atoms with E-state index < -0.39 is 12.0 Å². The van der Waals surface area contributed by atoms with E-state index in [0.29, 0.717) is 36.4 Å². The van der Waals surface area contributed by atoms with Crippen LogP contribution in [0, 0.1) is 0 Å². The number of thiazole rings is 1. The lowest BCUT2D eigenvalue weighted by Crippen LogP contribution is -2.40. The summed E-state index contributed by atoms with van der Waals surface area (Å²) in [6.07, 6.45) is 1.50. The van der Waals surface area contributed by atoms with Gasteiger partial charge in [-0.1, -0.05) is 45.5 Å². The minimum Gasteiger partial charge on any atom is -0.506 e. The number of esters is 1. The first kappa shape index (κ1) is 26.4. The van der Waals surface area contributed by atoms with Crippen LogP contribution in [0.25, 0.3) is 6.08 Å². The highest BCUT2D eigenvalue weighted by Gasteiger charge is 2.35. The van der Waals surface area contributed by atoms with Crippen LogP contribution in [0.15, 0.2) is 66.4 Å². The molecule has 1 aliphatic heterocycles. The lowest BCUT2D eigenvalue weighted by molar-refractivity contribution is -0.139. The highest BCUT2D eigenvalue weighted by molar-refractivity contribution is 9.11. The number of allylic oxidation sites excluding steroid dienone is 1. The van der Waals surface area contributed by atoms with Gasteiger partial charge in [-0.25, -0.2) is 9.79 Å². The second-order valence-electron chi connectivity index (χ2n) is 8.33. The Hall–Kier alpha value is -2.69. The fourth-order valence-electron chi connectivity index (χ4n) is 3.99. The molecule has 4 rings (SSSR count). The summed E-state index contributed by atoms with van der Waals surface area (Å²) < 4.78 is 14.5. The number of nitrogens with zero attached hydrogens (tertiary/aromatic N) is 2. The fraction of sp³-hybridized carbons (Fsp3) is 0.269. The number of benzene rings is 2. The zero-order chi connectivity index (χ0) is 26.1. The first-order valence-corrected chi connectivity index (χ1v) is 13.7. The second kappa shape index (κ2) is 10.7. The Morgan fingerprint density at radius 1 is 1.28 bits per heavy atom. The Balaban J connectivity index is 2.01. The van der Waals surface area contributed by atoms with Gasteiger partial charge in [-0.2, -0.15) is 0 Å². The van der Waals surface area contributed by atoms with E-state index in [1.165, 1.54) is 15.9 Å². The normalized spacial score (nSPS) is 15.6. The molecule has 36 heavy (non-hydrogen) atoms. The van der Waals surface area contributed by atoms with E-state index in [4.69, 9.17) is 9.47 Å². The van der Waals surface area contributed by atoms with Crippen LogP contribution in [0.5, 0.6) is 11.5 Å². The van der Waals surface area contributed by atoms with E-state index in [1.54, 1.807) is 32.1 Å². The number of hydrogen-bond acceptors (Lipinski definition) is 7. The number of aromatic nitrogens is 1. The van der Waals surface area contributed by atoms with E-state index in [-0.39, 0.29) is 29.6 Å². The van der Waals surface area contributed by atoms with Crippen molar-refractivity contribution in [1.82, 2.24) is 4.57 Å². The van der Waals surface area contributed by atoms with Crippen LogP contribution in [0.2, 0.25) is 0 Å². The third kappa shape index (κ3) is 5.07. The van der Waals surface area contributed by atoms with Crippen LogP contribution in [-0.2, 0) is 9.53 Å². The Morgan fingerprint density at radius 3 is 2.69 bits per heavy atom. The number of aromatic hydroxyl groups is 1. The zero-order valence-electron chi connectivity index (χ0n) is 20.0. The highest BCUT2D eigenvalue weighted by atomic mass is 79.9. The summed E-state index contributed by atoms with van der Waals surface area (Å²) in [5.74, 6) is 0.0442. The van der Waals surface area contributed by atoms with Gasteiger partial charge in [-0.15, -0.1) is 0 Å². The average Bonchev–Trinajstić information content (AvgIpc) is 3.11. The van der Waals surface area contributed by atoms with E-state index in [2.05, 4.69) is 36.9 Å². The van der Waals surface area contributed by atoms with Crippen LogP contribution >= 0.6 is 43.2 Å². The highest BCUT2D eigenvalue weighted by Crippen LogP contribution is 2.36. The van der Waals surface area contributed by atoms with Gasteiger partial charge in [0.15, 0.2) is 4.80 Å². The molecule has 0 saturated heterocycles. The lowest BCUT2D eigenvalue weighted by Gasteiger charge is -2.26. The van der Waals surface area contributed by atoms with Gasteiger partial charge in [0.05, 0.1) is 33.0 Å². The third-order valence-electron chi connectivity index (χ3n) is 5.44. The van der Waals surface area contributed by atoms with Crippen molar-refractivity contribution in [2.45, 2.75) is 39.8 Å². The summed E-state index contributed by atoms with van der Waals surface area (Å²) in [6, 6.07) is 9.99. The summed E-state index contributed by atoms with van der Waals surface area (Å²) in [4.78, 5) is 32.0. The molecule has 0 amide bonds. The lowest BCUT2D eigenvalue weighted by atomic mass is 9.95. The monoisotopic (exact) mass is 634 g/mol. The van der Waals surface area contributed by atoms with E-state index in [9.17, 15) is 14.7 Å². The minimum atomic E-state index is -0.791. The number of ether oxygens (including phenoxy) is 2. The number of phenolic OH excluding ortho intramolecular Hbond substituents is 1. The summed E-state index contributed by atoms with van der Waals surface area (Å²) in [7, 11) is 0. The topological polar surface area (TPSA) is 90.1 Å². The summed E-state index contributed by atoms with van der Waals surface area (Å²) in [6.45, 7) is 7.49. The molecule has 7 nitrogen and oxygen atoms in total. The number of para-hydroxylation sites is 1. The van der Waals surface area contributed by atoms with Crippen molar-refractivity contribution in [3.63, 3.8) is 0 Å². The predicted molar refractivity (Wildman–Crippen MR) is 146 cm³/mol. The van der Waals surface area contributed by atoms with Crippen LogP contribution in [0.1, 0.15) is 44.9 Å². The average molecular weight is 636 g/mol. The summed E-state index contributed by atoms with van der Waals surface area (Å²) >= 11 is 7.93. The largest absolute Gasteiger partial charge is 0.506 e. The van der Waals surface area contributed by atoms with Crippen molar-refractivity contribution in [3.05, 3.63) is 87.4 Å². The number of rotatable bonds is 6. The molecule has 3 aromatic rings. The Morgan fingerprint density at radius 2 is 2.00 bits per heavy atom. The molecule has 1 aromatic heterocycles. The number of hydrogen-bond donors (Lipinski definition) is 1. The molecule has 0 bridgehead atoms. The standard InChI is InChI=1S/C26H24Br2N2O5S/c1-5-34-25(33)21-14(4)29-26-30(22(21)17-8-6-7-9-19(17)35-13(2)3)24(32)20(36-26)11-15-10-16(27)12-18(28)23(15)31/h6-13,22,31H,5H2,1-4H3/b20-11-/t22-/m1/s1. The van der Waals surface area contributed by atoms with Gasteiger partial charge in [-0.3, -0.25) is 9.36 Å². The Bertz CT molecular complexity index is 1560. The van der Waals surface area contributed by atoms with Gasteiger partial charge in [0.25, 0.3) is 5.56 Å². The molecule has 2 heterocycles. The number of carbonyl (C=O) groups is 1. The van der Waals surface area contributed by atoms with Crippen molar-refractivity contribution < 1.29 is 19.4 Å². The molecule has 2 aromatic carbocycles. The first-order chi connectivity index (χ1) is 17.1. The van der Waals surface area contributed by atoms with Gasteiger partial charge >= 0.3 is 5.97 Å². The molecule has 0 fully saturated rings. The third-order valence-corrected chi connectivity index (χ3v) is 7.48. The van der Waals surface area contributed by atoms with Crippen molar-refractivity contribution in [1.29, 1.82) is 0 Å². The molecule has 188 valence electrons. The molecular formula is C26H24Br2N2O5S. The van der Waals surface area contributed by atoms with Crippen LogP contribution < -0.4 is 19.6 Å². The first-order valence-electron chi connectivity index (χ1n) is 11.3. The second-order valence-corrected chi connectivity index (χ2v) is 11.1. The SMILES string of the molecule is CCOC(=O)C1=C(C)N=c2s/c(=C\c3cc(Br)cc(Br)c3O)c(=O)n2[C@@H]1c1ccccc1OC(C)C. The van der Waals surface area contributed by atoms with Crippen molar-refractivity contribution in [3.8, 4) is 11.5 Å². The molecule has 1 aliphatic rings. The number of carbonyl (C=O) groups excluding carboxylic acids is 1. The number of phenols is 1. The molecule has 1 atom stereocenters. The zero-order valence-corrected chi connectivity index (χ0v) is 24.0. The molecular weight excluding hydrogens is 612 g/mol. The predicted octanol–water partition coefficient (Wildman–Crippen LogP) is 4.82. The van der Waals surface area contributed by atoms with Gasteiger partial charge < -0.3 is 14.6 Å². The van der Waals surface area contributed by atoms with Crippen molar-refractivity contribution >= 4 is 55.2 Å². The molecule has 0 unspecified atom stereocenters. The summed E-state index contributed by atoms with van der Waals surface area (Å²) in [5.41, 5.74) is 1.53. The van der Waals surface area contributed by atoms with Crippen LogP contribution in [-0.4, -0.2) is 28.4 Å². The Labute approximate surface area is 228 Å². The molecule has 0 aliphatic carbocycles.